The van der Waals surface area contributed by atoms with Crippen molar-refractivity contribution in [3.05, 3.63) is 62.6 Å². The van der Waals surface area contributed by atoms with Gasteiger partial charge in [0.15, 0.2) is 0 Å². The fourth-order valence-electron chi connectivity index (χ4n) is 1.70. The van der Waals surface area contributed by atoms with E-state index in [0.29, 0.717) is 20.8 Å². The number of hydrazone groups is 1. The quantitative estimate of drug-likeness (QED) is 0.435. The van der Waals surface area contributed by atoms with E-state index in [2.05, 4.69) is 22.4 Å². The van der Waals surface area contributed by atoms with Gasteiger partial charge in [-0.25, -0.2) is 0 Å². The number of halogens is 3. The lowest BCUT2D eigenvalue weighted by molar-refractivity contribution is 0.143. The van der Waals surface area contributed by atoms with Crippen molar-refractivity contribution >= 4 is 46.7 Å². The lowest BCUT2D eigenvalue weighted by atomic mass is 10.1. The second-order valence-corrected chi connectivity index (χ2v) is 6.80. The van der Waals surface area contributed by atoms with Crippen molar-refractivity contribution in [1.29, 1.82) is 0 Å². The first-order chi connectivity index (χ1) is 11.2. The largest absolute Gasteiger partial charge is 0.378 e. The van der Waals surface area contributed by atoms with E-state index in [9.17, 15) is 5.11 Å². The summed E-state index contributed by atoms with van der Waals surface area (Å²) in [5.74, 6) is 5.67. The van der Waals surface area contributed by atoms with Crippen LogP contribution in [0, 0.1) is 11.8 Å². The molecule has 0 bridgehead atoms. The Hall–Kier alpha value is -1.70. The van der Waals surface area contributed by atoms with Gasteiger partial charge in [-0.2, -0.15) is 5.10 Å². The zero-order chi connectivity index (χ0) is 17.7. The van der Waals surface area contributed by atoms with Crippen molar-refractivity contribution in [2.45, 2.75) is 19.4 Å². The van der Waals surface area contributed by atoms with Gasteiger partial charge in [-0.1, -0.05) is 58.8 Å². The van der Waals surface area contributed by atoms with E-state index in [-0.39, 0.29) is 0 Å². The molecule has 2 N–H and O–H groups in total. The number of hydrogen-bond acceptors (Lipinski definition) is 3. The third kappa shape index (κ3) is 5.74. The number of nitrogens with one attached hydrogen (secondary N) is 1. The fourth-order valence-corrected chi connectivity index (χ4v) is 2.60. The summed E-state index contributed by atoms with van der Waals surface area (Å²) in [7, 11) is 0. The summed E-state index contributed by atoms with van der Waals surface area (Å²) >= 11 is 18.0. The monoisotopic (exact) mass is 380 g/mol. The van der Waals surface area contributed by atoms with E-state index >= 15 is 0 Å². The topological polar surface area (TPSA) is 44.6 Å². The number of nitrogens with zero attached hydrogens (tertiary/aromatic N) is 1. The minimum Gasteiger partial charge on any atom is -0.378 e. The highest BCUT2D eigenvalue weighted by Gasteiger charge is 2.07. The third-order valence-corrected chi connectivity index (χ3v) is 3.63. The van der Waals surface area contributed by atoms with Gasteiger partial charge in [0.1, 0.15) is 5.60 Å². The summed E-state index contributed by atoms with van der Waals surface area (Å²) in [5.41, 5.74) is 3.97. The second-order valence-electron chi connectivity index (χ2n) is 5.55. The minimum atomic E-state index is -1.01. The maximum atomic E-state index is 9.59. The molecule has 3 nitrogen and oxygen atoms in total. The molecule has 0 spiro atoms. The van der Waals surface area contributed by atoms with Crippen LogP contribution in [-0.2, 0) is 0 Å². The average Bonchev–Trinajstić information content (AvgIpc) is 2.48. The predicted molar refractivity (Wildman–Crippen MR) is 102 cm³/mol. The molecule has 6 heteroatoms. The Labute approximate surface area is 156 Å². The van der Waals surface area contributed by atoms with Crippen molar-refractivity contribution in [1.82, 2.24) is 0 Å². The molecule has 2 aromatic rings. The summed E-state index contributed by atoms with van der Waals surface area (Å²) in [6, 6.07) is 10.6. The first-order valence-corrected chi connectivity index (χ1v) is 8.17. The molecule has 0 fully saturated rings. The number of hydrogen-bond donors (Lipinski definition) is 2. The van der Waals surface area contributed by atoms with Crippen LogP contribution in [0.5, 0.6) is 0 Å². The molecule has 0 atom stereocenters. The van der Waals surface area contributed by atoms with E-state index in [0.717, 1.165) is 11.1 Å². The predicted octanol–water partition coefficient (Wildman–Crippen LogP) is 5.22. The Morgan fingerprint density at radius 2 is 1.67 bits per heavy atom. The standard InChI is InChI=1S/C18H15Cl3N2O/c1-18(2,24)8-7-12-3-5-13(6-4-12)11-22-23-17-15(20)9-14(19)10-16(17)21/h3-6,9-11,23-24H,1-2H3/b22-11-. The molecular formula is C18H15Cl3N2O. The molecule has 0 radical (unpaired) electrons. The van der Waals surface area contributed by atoms with Gasteiger partial charge in [0.2, 0.25) is 0 Å². The molecule has 0 aliphatic heterocycles. The lowest BCUT2D eigenvalue weighted by Crippen LogP contribution is -2.14. The normalized spacial score (nSPS) is 11.2. The van der Waals surface area contributed by atoms with Crippen LogP contribution in [0.15, 0.2) is 41.5 Å². The van der Waals surface area contributed by atoms with Crippen LogP contribution in [0.3, 0.4) is 0 Å². The highest BCUT2D eigenvalue weighted by molar-refractivity contribution is 6.41. The van der Waals surface area contributed by atoms with Gasteiger partial charge in [0, 0.05) is 10.6 Å². The van der Waals surface area contributed by atoms with Crippen LogP contribution in [0.2, 0.25) is 15.1 Å². The Balaban J connectivity index is 2.06. The Morgan fingerprint density at radius 1 is 1.08 bits per heavy atom. The van der Waals surface area contributed by atoms with Crippen LogP contribution in [0.1, 0.15) is 25.0 Å². The highest BCUT2D eigenvalue weighted by atomic mass is 35.5. The number of benzene rings is 2. The Kier molecular flexibility index (Phi) is 6.15. The average molecular weight is 382 g/mol. The van der Waals surface area contributed by atoms with Crippen LogP contribution in [0.25, 0.3) is 0 Å². The first-order valence-electron chi connectivity index (χ1n) is 7.04. The molecule has 0 unspecified atom stereocenters. The van der Waals surface area contributed by atoms with Crippen molar-refractivity contribution < 1.29 is 5.11 Å². The van der Waals surface area contributed by atoms with E-state index in [1.165, 1.54) is 0 Å². The molecule has 124 valence electrons. The van der Waals surface area contributed by atoms with E-state index in [1.807, 2.05) is 24.3 Å². The minimum absolute atomic E-state index is 0.391. The van der Waals surface area contributed by atoms with Gasteiger partial charge in [-0.3, -0.25) is 5.43 Å². The van der Waals surface area contributed by atoms with E-state index in [4.69, 9.17) is 34.8 Å². The summed E-state index contributed by atoms with van der Waals surface area (Å²) < 4.78 is 0. The number of aliphatic hydroxyl groups is 1. The Morgan fingerprint density at radius 3 is 2.21 bits per heavy atom. The van der Waals surface area contributed by atoms with Crippen molar-refractivity contribution in [3.63, 3.8) is 0 Å². The lowest BCUT2D eigenvalue weighted by Gasteiger charge is -2.06. The van der Waals surface area contributed by atoms with Gasteiger partial charge in [-0.05, 0) is 43.7 Å². The van der Waals surface area contributed by atoms with Crippen LogP contribution in [-0.4, -0.2) is 16.9 Å². The summed E-state index contributed by atoms with van der Waals surface area (Å²) in [6.45, 7) is 3.28. The molecule has 0 saturated heterocycles. The SMILES string of the molecule is CC(C)(O)C#Cc1ccc(/C=N\Nc2c(Cl)cc(Cl)cc2Cl)cc1. The van der Waals surface area contributed by atoms with Crippen molar-refractivity contribution in [2.24, 2.45) is 5.10 Å². The highest BCUT2D eigenvalue weighted by Crippen LogP contribution is 2.33. The zero-order valence-corrected chi connectivity index (χ0v) is 15.3. The first kappa shape index (κ1) is 18.6. The molecule has 0 aliphatic rings. The van der Waals surface area contributed by atoms with Gasteiger partial charge >= 0.3 is 0 Å². The smallest absolute Gasteiger partial charge is 0.120 e. The summed E-state index contributed by atoms with van der Waals surface area (Å²) in [4.78, 5) is 0. The van der Waals surface area contributed by atoms with E-state index in [1.54, 1.807) is 32.2 Å². The van der Waals surface area contributed by atoms with E-state index < -0.39 is 5.60 Å². The van der Waals surface area contributed by atoms with Crippen LogP contribution in [0.4, 0.5) is 5.69 Å². The third-order valence-electron chi connectivity index (χ3n) is 2.82. The second kappa shape index (κ2) is 7.92. The molecule has 0 aromatic heterocycles. The molecule has 2 aromatic carbocycles. The molecule has 0 amide bonds. The maximum absolute atomic E-state index is 9.59. The van der Waals surface area contributed by atoms with Crippen LogP contribution >= 0.6 is 34.8 Å². The molecular weight excluding hydrogens is 367 g/mol. The van der Waals surface area contributed by atoms with Crippen molar-refractivity contribution in [3.8, 4) is 11.8 Å². The van der Waals surface area contributed by atoms with Gasteiger partial charge in [-0.15, -0.1) is 0 Å². The van der Waals surface area contributed by atoms with Gasteiger partial charge in [0.05, 0.1) is 21.9 Å². The molecule has 0 saturated carbocycles. The fraction of sp³-hybridized carbons (Fsp3) is 0.167. The molecule has 24 heavy (non-hydrogen) atoms. The maximum Gasteiger partial charge on any atom is 0.120 e. The summed E-state index contributed by atoms with van der Waals surface area (Å²) in [5, 5.41) is 14.9. The van der Waals surface area contributed by atoms with Gasteiger partial charge < -0.3 is 5.11 Å². The summed E-state index contributed by atoms with van der Waals surface area (Å²) in [6.07, 6.45) is 1.63. The number of rotatable bonds is 3. The van der Waals surface area contributed by atoms with Crippen molar-refractivity contribution in [2.75, 3.05) is 5.43 Å². The van der Waals surface area contributed by atoms with Crippen LogP contribution < -0.4 is 5.43 Å². The zero-order valence-electron chi connectivity index (χ0n) is 13.1. The molecule has 0 aliphatic carbocycles. The number of anilines is 1. The Bertz CT molecular complexity index is 790. The molecule has 0 heterocycles. The molecule has 2 rings (SSSR count). The van der Waals surface area contributed by atoms with Gasteiger partial charge in [0.25, 0.3) is 0 Å².